The molecule has 0 unspecified atom stereocenters. The summed E-state index contributed by atoms with van der Waals surface area (Å²) >= 11 is 0. The Balaban J connectivity index is 2.18. The first-order chi connectivity index (χ1) is 7.83. The number of rotatable bonds is 1. The lowest BCUT2D eigenvalue weighted by molar-refractivity contribution is 0.853. The molecule has 0 atom stereocenters. The van der Waals surface area contributed by atoms with Crippen molar-refractivity contribution >= 4 is 16.6 Å². The highest BCUT2D eigenvalue weighted by atomic mass is 15.3. The first-order valence-electron chi connectivity index (χ1n) is 4.99. The summed E-state index contributed by atoms with van der Waals surface area (Å²) in [6.45, 7) is 0. The van der Waals surface area contributed by atoms with Gasteiger partial charge in [-0.1, -0.05) is 18.2 Å². The highest BCUT2D eigenvalue weighted by Gasteiger charge is 2.01. The van der Waals surface area contributed by atoms with E-state index < -0.39 is 0 Å². The van der Waals surface area contributed by atoms with Gasteiger partial charge in [-0.25, -0.2) is 9.67 Å². The number of nitrogens with zero attached hydrogens (tertiary/aromatic N) is 3. The Hall–Kier alpha value is -2.36. The van der Waals surface area contributed by atoms with Crippen molar-refractivity contribution in [3.63, 3.8) is 0 Å². The molecular formula is C12H10N4. The quantitative estimate of drug-likeness (QED) is 0.668. The molecule has 0 saturated heterocycles. The summed E-state index contributed by atoms with van der Waals surface area (Å²) in [5.41, 5.74) is 7.20. The van der Waals surface area contributed by atoms with Crippen molar-refractivity contribution in [2.24, 2.45) is 0 Å². The molecule has 4 nitrogen and oxygen atoms in total. The van der Waals surface area contributed by atoms with E-state index in [2.05, 4.69) is 10.1 Å². The minimum Gasteiger partial charge on any atom is -0.396 e. The van der Waals surface area contributed by atoms with Crippen LogP contribution in [0.1, 0.15) is 0 Å². The fraction of sp³-hybridized carbons (Fsp3) is 0. The van der Waals surface area contributed by atoms with Crippen molar-refractivity contribution in [2.75, 3.05) is 5.73 Å². The molecule has 16 heavy (non-hydrogen) atoms. The number of hydrogen-bond acceptors (Lipinski definition) is 3. The van der Waals surface area contributed by atoms with Crippen LogP contribution in [0.15, 0.2) is 48.8 Å². The Morgan fingerprint density at radius 2 is 1.94 bits per heavy atom. The zero-order chi connectivity index (χ0) is 11.0. The maximum Gasteiger partial charge on any atom is 0.154 e. The molecule has 0 radical (unpaired) electrons. The number of fused-ring (bicyclic) bond motifs is 1. The Bertz CT molecular complexity index is 642. The molecule has 0 fully saturated rings. The van der Waals surface area contributed by atoms with Gasteiger partial charge in [0.2, 0.25) is 0 Å². The molecule has 0 aliphatic rings. The van der Waals surface area contributed by atoms with Crippen LogP contribution in [-0.4, -0.2) is 14.8 Å². The predicted octanol–water partition coefficient (Wildman–Crippen LogP) is 2.00. The van der Waals surface area contributed by atoms with Gasteiger partial charge in [0.25, 0.3) is 0 Å². The molecule has 4 heteroatoms. The monoisotopic (exact) mass is 210 g/mol. The maximum absolute atomic E-state index is 5.62. The third-order valence-corrected chi connectivity index (χ3v) is 2.42. The smallest absolute Gasteiger partial charge is 0.154 e. The summed E-state index contributed by atoms with van der Waals surface area (Å²) in [5, 5.41) is 5.24. The Morgan fingerprint density at radius 1 is 1.06 bits per heavy atom. The van der Waals surface area contributed by atoms with E-state index in [-0.39, 0.29) is 0 Å². The van der Waals surface area contributed by atoms with Crippen LogP contribution in [0.5, 0.6) is 0 Å². The minimum atomic E-state index is 0.634. The molecule has 0 aliphatic heterocycles. The summed E-state index contributed by atoms with van der Waals surface area (Å²) in [6, 6.07) is 11.9. The van der Waals surface area contributed by atoms with Gasteiger partial charge in [-0.05, 0) is 18.2 Å². The second-order valence-electron chi connectivity index (χ2n) is 3.58. The molecule has 3 aromatic rings. The zero-order valence-corrected chi connectivity index (χ0v) is 8.54. The van der Waals surface area contributed by atoms with Crippen LogP contribution in [0.25, 0.3) is 16.7 Å². The lowest BCUT2D eigenvalue weighted by Gasteiger charge is -2.01. The number of nitrogen functional groups attached to an aromatic ring is 1. The summed E-state index contributed by atoms with van der Waals surface area (Å²) in [5.74, 6) is 0.774. The van der Waals surface area contributed by atoms with Crippen LogP contribution < -0.4 is 5.73 Å². The van der Waals surface area contributed by atoms with Crippen LogP contribution in [0.2, 0.25) is 0 Å². The number of aromatic nitrogens is 3. The van der Waals surface area contributed by atoms with Gasteiger partial charge in [0.05, 0.1) is 23.6 Å². The highest BCUT2D eigenvalue weighted by molar-refractivity contribution is 5.79. The number of nitrogens with two attached hydrogens (primary N) is 1. The lowest BCUT2D eigenvalue weighted by Crippen LogP contribution is -1.97. The Kier molecular flexibility index (Phi) is 1.86. The summed E-state index contributed by atoms with van der Waals surface area (Å²) < 4.78 is 1.67. The van der Waals surface area contributed by atoms with E-state index in [1.165, 1.54) is 0 Å². The number of pyridine rings is 1. The first kappa shape index (κ1) is 8.91. The van der Waals surface area contributed by atoms with Crippen molar-refractivity contribution in [3.8, 4) is 5.82 Å². The number of para-hydroxylation sites is 1. The number of benzene rings is 1. The maximum atomic E-state index is 5.62. The largest absolute Gasteiger partial charge is 0.396 e. The van der Waals surface area contributed by atoms with Gasteiger partial charge in [0.15, 0.2) is 5.82 Å². The third kappa shape index (κ3) is 1.40. The molecule has 3 rings (SSSR count). The second-order valence-corrected chi connectivity index (χ2v) is 3.58. The number of anilines is 1. The molecule has 78 valence electrons. The predicted molar refractivity (Wildman–Crippen MR) is 63.3 cm³/mol. The summed E-state index contributed by atoms with van der Waals surface area (Å²) in [7, 11) is 0. The van der Waals surface area contributed by atoms with Crippen molar-refractivity contribution in [1.82, 2.24) is 14.8 Å². The van der Waals surface area contributed by atoms with Crippen LogP contribution >= 0.6 is 0 Å². The fourth-order valence-electron chi connectivity index (χ4n) is 1.64. The standard InChI is InChI=1S/C12H10N4/c13-10-7-14-16(8-10)12-6-5-9-3-1-2-4-11(9)15-12/h1-8H,13H2. The van der Waals surface area contributed by atoms with Gasteiger partial charge in [-0.3, -0.25) is 0 Å². The average Bonchev–Trinajstić information content (AvgIpc) is 2.75. The van der Waals surface area contributed by atoms with E-state index >= 15 is 0 Å². The second kappa shape index (κ2) is 3.34. The molecular weight excluding hydrogens is 200 g/mol. The SMILES string of the molecule is Nc1cnn(-c2ccc3ccccc3n2)c1. The van der Waals surface area contributed by atoms with Gasteiger partial charge < -0.3 is 5.73 Å². The fourth-order valence-corrected chi connectivity index (χ4v) is 1.64. The van der Waals surface area contributed by atoms with E-state index in [0.717, 1.165) is 16.7 Å². The molecule has 2 heterocycles. The van der Waals surface area contributed by atoms with Gasteiger partial charge in [-0.15, -0.1) is 0 Å². The van der Waals surface area contributed by atoms with E-state index in [9.17, 15) is 0 Å². The van der Waals surface area contributed by atoms with Crippen LogP contribution in [0, 0.1) is 0 Å². The molecule has 0 aliphatic carbocycles. The van der Waals surface area contributed by atoms with Crippen LogP contribution in [0.3, 0.4) is 0 Å². The molecule has 0 saturated carbocycles. The molecule has 2 N–H and O–H groups in total. The molecule has 1 aromatic carbocycles. The molecule has 2 aromatic heterocycles. The Labute approximate surface area is 92.3 Å². The zero-order valence-electron chi connectivity index (χ0n) is 8.54. The molecule has 0 spiro atoms. The van der Waals surface area contributed by atoms with Crippen molar-refractivity contribution in [2.45, 2.75) is 0 Å². The van der Waals surface area contributed by atoms with Gasteiger partial charge in [0.1, 0.15) is 0 Å². The first-order valence-corrected chi connectivity index (χ1v) is 4.99. The van der Waals surface area contributed by atoms with Crippen molar-refractivity contribution in [1.29, 1.82) is 0 Å². The topological polar surface area (TPSA) is 56.7 Å². The number of hydrogen-bond donors (Lipinski definition) is 1. The lowest BCUT2D eigenvalue weighted by atomic mass is 10.2. The summed E-state index contributed by atoms with van der Waals surface area (Å²) in [6.07, 6.45) is 3.36. The highest BCUT2D eigenvalue weighted by Crippen LogP contribution is 2.14. The van der Waals surface area contributed by atoms with Gasteiger partial charge in [0, 0.05) is 5.39 Å². The van der Waals surface area contributed by atoms with E-state index in [1.54, 1.807) is 17.1 Å². The minimum absolute atomic E-state index is 0.634. The van der Waals surface area contributed by atoms with E-state index in [4.69, 9.17) is 5.73 Å². The third-order valence-electron chi connectivity index (χ3n) is 2.42. The van der Waals surface area contributed by atoms with Crippen LogP contribution in [-0.2, 0) is 0 Å². The normalized spacial score (nSPS) is 10.8. The van der Waals surface area contributed by atoms with Gasteiger partial charge in [-0.2, -0.15) is 5.10 Å². The van der Waals surface area contributed by atoms with E-state index in [1.807, 2.05) is 36.4 Å². The van der Waals surface area contributed by atoms with E-state index in [0.29, 0.717) is 5.69 Å². The van der Waals surface area contributed by atoms with Crippen LogP contribution in [0.4, 0.5) is 5.69 Å². The Morgan fingerprint density at radius 3 is 2.75 bits per heavy atom. The van der Waals surface area contributed by atoms with Gasteiger partial charge >= 0.3 is 0 Å². The molecule has 0 amide bonds. The van der Waals surface area contributed by atoms with Crippen molar-refractivity contribution in [3.05, 3.63) is 48.8 Å². The summed E-state index contributed by atoms with van der Waals surface area (Å²) in [4.78, 5) is 4.50. The molecule has 0 bridgehead atoms. The average molecular weight is 210 g/mol. The van der Waals surface area contributed by atoms with Crippen molar-refractivity contribution < 1.29 is 0 Å².